The van der Waals surface area contributed by atoms with E-state index in [1.807, 2.05) is 0 Å². The van der Waals surface area contributed by atoms with Crippen molar-refractivity contribution in [1.29, 1.82) is 0 Å². The number of thioether (sulfide) groups is 7. The van der Waals surface area contributed by atoms with Gasteiger partial charge in [-0.05, 0) is 36.5 Å². The predicted molar refractivity (Wildman–Crippen MR) is 152 cm³/mol. The molecule has 0 aromatic heterocycles. The van der Waals surface area contributed by atoms with Crippen LogP contribution in [0.4, 0.5) is 0 Å². The van der Waals surface area contributed by atoms with Gasteiger partial charge in [0.2, 0.25) is 0 Å². The van der Waals surface area contributed by atoms with Gasteiger partial charge < -0.3 is 0 Å². The van der Waals surface area contributed by atoms with E-state index in [9.17, 15) is 0 Å². The Kier molecular flexibility index (Phi) is 8.72. The monoisotopic (exact) mass is 548 g/mol. The normalized spacial score (nSPS) is 47.1. The summed E-state index contributed by atoms with van der Waals surface area (Å²) in [6.45, 7) is 7.00. The summed E-state index contributed by atoms with van der Waals surface area (Å²) in [7, 11) is 0.145. The van der Waals surface area contributed by atoms with Crippen LogP contribution in [0.1, 0.15) is 40.0 Å². The van der Waals surface area contributed by atoms with Crippen LogP contribution in [0.25, 0.3) is 0 Å². The molecule has 7 atom stereocenters. The van der Waals surface area contributed by atoms with E-state index >= 15 is 0 Å². The smallest absolute Gasteiger partial charge is 0.0834 e. The zero-order chi connectivity index (χ0) is 19.8. The van der Waals surface area contributed by atoms with Gasteiger partial charge in [0.15, 0.2) is 0 Å². The Balaban J connectivity index is 1.56. The minimum Gasteiger partial charge on any atom is -0.148 e. The van der Waals surface area contributed by atoms with Gasteiger partial charge in [-0.25, -0.2) is 0 Å². The molecule has 0 spiro atoms. The highest BCUT2D eigenvalue weighted by atomic mass is 32.8. The Hall–Kier alpha value is 3.02. The third-order valence-electron chi connectivity index (χ3n) is 5.48. The Morgan fingerprint density at radius 2 is 1.29 bits per heavy atom. The summed E-state index contributed by atoms with van der Waals surface area (Å²) in [4.78, 5) is 0. The van der Waals surface area contributed by atoms with Crippen molar-refractivity contribution >= 4 is 103 Å². The second kappa shape index (κ2) is 10.1. The Morgan fingerprint density at radius 3 is 1.75 bits per heavy atom. The fraction of sp³-hybridized carbons (Fsp3) is 1.00. The van der Waals surface area contributed by atoms with Crippen molar-refractivity contribution in [2.24, 2.45) is 0 Å². The van der Waals surface area contributed by atoms with Crippen LogP contribution in [0, 0.1) is 0 Å². The van der Waals surface area contributed by atoms with Gasteiger partial charge in [-0.1, -0.05) is 32.0 Å². The molecule has 4 heterocycles. The summed E-state index contributed by atoms with van der Waals surface area (Å²) in [5.74, 6) is 9.34. The molecule has 0 aromatic carbocycles. The molecule has 0 aromatic rings. The Morgan fingerprint density at radius 1 is 0.821 bits per heavy atom. The lowest BCUT2D eigenvalue weighted by atomic mass is 10.2. The molecule has 28 heavy (non-hydrogen) atoms. The first-order chi connectivity index (χ1) is 13.5. The highest BCUT2D eigenvalue weighted by Gasteiger charge is 2.67. The first-order valence-electron chi connectivity index (χ1n) is 10.4. The molecule has 4 saturated heterocycles. The summed E-state index contributed by atoms with van der Waals surface area (Å²) in [5, 5.41) is 2.31. The molecule has 0 amide bonds. The predicted octanol–water partition coefficient (Wildman–Crippen LogP) is 6.68. The molecule has 162 valence electrons. The Labute approximate surface area is 209 Å². The third-order valence-corrected chi connectivity index (χ3v) is 22.2. The minimum absolute atomic E-state index is 0.145. The van der Waals surface area contributed by atoms with Crippen LogP contribution in [-0.2, 0) is 20.6 Å². The van der Waals surface area contributed by atoms with E-state index in [0.29, 0.717) is 12.2 Å². The lowest BCUT2D eigenvalue weighted by Crippen LogP contribution is -2.53. The van der Waals surface area contributed by atoms with Gasteiger partial charge in [0.05, 0.1) is 12.2 Å². The van der Waals surface area contributed by atoms with Crippen LogP contribution in [0.15, 0.2) is 0 Å². The molecule has 0 nitrogen and oxygen atoms in total. The second-order valence-corrected chi connectivity index (χ2v) is 21.1. The van der Waals surface area contributed by atoms with Crippen molar-refractivity contribution in [1.82, 2.24) is 0 Å². The molecule has 0 radical (unpaired) electrons. The van der Waals surface area contributed by atoms with Gasteiger partial charge in [-0.3, -0.25) is 0 Å². The fourth-order valence-electron chi connectivity index (χ4n) is 3.73. The molecule has 0 bridgehead atoms. The third kappa shape index (κ3) is 5.07. The van der Waals surface area contributed by atoms with Crippen LogP contribution in [0.2, 0.25) is 0 Å². The van der Waals surface area contributed by atoms with E-state index in [1.54, 1.807) is 0 Å². The molecule has 4 fully saturated rings. The van der Waals surface area contributed by atoms with E-state index in [0.717, 1.165) is 15.7 Å². The maximum atomic E-state index is 6.37. The zero-order valence-electron chi connectivity index (χ0n) is 17.0. The lowest BCUT2D eigenvalue weighted by molar-refractivity contribution is 0.746. The average Bonchev–Trinajstić information content (AvgIpc) is 3.57. The first kappa shape index (κ1) is 24.2. The van der Waals surface area contributed by atoms with Gasteiger partial charge in [0.25, 0.3) is 0 Å². The highest BCUT2D eigenvalue weighted by molar-refractivity contribution is 8.33. The van der Waals surface area contributed by atoms with E-state index in [4.69, 9.17) is 11.2 Å². The maximum Gasteiger partial charge on any atom is 0.0834 e. The van der Waals surface area contributed by atoms with Crippen molar-refractivity contribution in [2.75, 3.05) is 40.3 Å². The van der Waals surface area contributed by atoms with Crippen LogP contribution in [-0.4, -0.2) is 68.3 Å². The standard InChI is InChI=1S/C19H32S9/c1-4-7-21-17(11-24-17)14-10-28(20)16(19(13-26-19)23-9-6-3)15(27-14)18(12-25-18)22-8-5-2/h14-16H,4-13H2,1-3H3. The van der Waals surface area contributed by atoms with Gasteiger partial charge in [-0.2, -0.15) is 0 Å². The van der Waals surface area contributed by atoms with Gasteiger partial charge in [-0.15, -0.1) is 91.8 Å². The SMILES string of the molecule is CCCSC1(C2CS(=S)C(C3(SCCC)CS3)C(C3(SCCC)CS3)S2)CS1. The molecule has 4 aliphatic heterocycles. The fourth-order valence-corrected chi connectivity index (χ4v) is 21.4. The quantitative estimate of drug-likeness (QED) is 0.245. The van der Waals surface area contributed by atoms with Gasteiger partial charge in [0.1, 0.15) is 0 Å². The van der Waals surface area contributed by atoms with E-state index in [-0.39, 0.29) is 9.45 Å². The molecule has 7 unspecified atom stereocenters. The molecular formula is C19H32S9. The number of hydrogen-bond acceptors (Lipinski definition) is 8. The maximum absolute atomic E-state index is 6.37. The van der Waals surface area contributed by atoms with Crippen LogP contribution < -0.4 is 0 Å². The molecule has 4 aliphatic rings. The van der Waals surface area contributed by atoms with Crippen molar-refractivity contribution in [3.63, 3.8) is 0 Å². The summed E-state index contributed by atoms with van der Waals surface area (Å²) in [6.07, 6.45) is 3.90. The van der Waals surface area contributed by atoms with Crippen LogP contribution >= 0.6 is 82.3 Å². The van der Waals surface area contributed by atoms with Crippen molar-refractivity contribution in [3.05, 3.63) is 0 Å². The Bertz CT molecular complexity index is 568. The number of rotatable bonds is 12. The highest BCUT2D eigenvalue weighted by Crippen LogP contribution is 2.70. The van der Waals surface area contributed by atoms with E-state index in [1.165, 1.54) is 59.5 Å². The average molecular weight is 549 g/mol. The van der Waals surface area contributed by atoms with Crippen molar-refractivity contribution in [2.45, 2.75) is 68.0 Å². The molecule has 9 heteroatoms. The summed E-state index contributed by atoms with van der Waals surface area (Å²) >= 11 is 22.3. The van der Waals surface area contributed by atoms with Gasteiger partial charge >= 0.3 is 0 Å². The second-order valence-electron chi connectivity index (χ2n) is 7.86. The molecular weight excluding hydrogens is 517 g/mol. The first-order valence-corrected chi connectivity index (χ1v) is 19.6. The largest absolute Gasteiger partial charge is 0.148 e. The topological polar surface area (TPSA) is 0 Å². The summed E-state index contributed by atoms with van der Waals surface area (Å²) in [5.41, 5.74) is 0. The summed E-state index contributed by atoms with van der Waals surface area (Å²) in [6, 6.07) is 0. The minimum atomic E-state index is 0.145. The van der Waals surface area contributed by atoms with Crippen molar-refractivity contribution in [3.8, 4) is 0 Å². The van der Waals surface area contributed by atoms with Crippen molar-refractivity contribution < 1.29 is 0 Å². The van der Waals surface area contributed by atoms with E-state index < -0.39 is 0 Å². The van der Waals surface area contributed by atoms with Crippen LogP contribution in [0.3, 0.4) is 0 Å². The van der Waals surface area contributed by atoms with Gasteiger partial charge in [0, 0.05) is 38.8 Å². The van der Waals surface area contributed by atoms with E-state index in [2.05, 4.69) is 103 Å². The molecule has 0 saturated carbocycles. The number of hydrogen-bond donors (Lipinski definition) is 0. The zero-order valence-corrected chi connectivity index (χ0v) is 24.3. The molecule has 4 rings (SSSR count). The van der Waals surface area contributed by atoms with Crippen LogP contribution in [0.5, 0.6) is 0 Å². The summed E-state index contributed by atoms with van der Waals surface area (Å²) < 4.78 is 1.45. The lowest BCUT2D eigenvalue weighted by Gasteiger charge is -2.45. The molecule has 0 aliphatic carbocycles. The molecule has 0 N–H and O–H groups in total.